The first-order valence-corrected chi connectivity index (χ1v) is 6.21. The van der Waals surface area contributed by atoms with Crippen molar-refractivity contribution in [3.05, 3.63) is 45.5 Å². The highest BCUT2D eigenvalue weighted by molar-refractivity contribution is 6.49. The van der Waals surface area contributed by atoms with E-state index >= 15 is 0 Å². The number of carbonyl (C=O) groups is 3. The van der Waals surface area contributed by atoms with E-state index in [1.165, 1.54) is 0 Å². The van der Waals surface area contributed by atoms with Gasteiger partial charge < -0.3 is 4.74 Å². The molecule has 0 aromatic heterocycles. The Hall–Kier alpha value is -1.65. The molecule has 0 spiro atoms. The number of rotatable bonds is 1. The van der Waals surface area contributed by atoms with Gasteiger partial charge in [0.15, 0.2) is 17.7 Å². The normalized spacial score (nSPS) is 23.1. The lowest BCUT2D eigenvalue weighted by Gasteiger charge is -2.14. The maximum absolute atomic E-state index is 12.2. The van der Waals surface area contributed by atoms with Gasteiger partial charge in [-0.2, -0.15) is 0 Å². The highest BCUT2D eigenvalue weighted by Crippen LogP contribution is 2.39. The van der Waals surface area contributed by atoms with Crippen LogP contribution in [-0.4, -0.2) is 23.6 Å². The SMILES string of the molecule is O=C1OC(C2C(=O)c3ccccc3C2=O)C(Cl)=C1Cl. The van der Waals surface area contributed by atoms with Crippen molar-refractivity contribution < 1.29 is 19.1 Å². The van der Waals surface area contributed by atoms with E-state index < -0.39 is 29.6 Å². The Morgan fingerprint density at radius 3 is 1.89 bits per heavy atom. The molecule has 1 atom stereocenters. The Labute approximate surface area is 117 Å². The summed E-state index contributed by atoms with van der Waals surface area (Å²) in [6, 6.07) is 6.45. The molecule has 1 aromatic carbocycles. The molecule has 0 bridgehead atoms. The number of ketones is 2. The average molecular weight is 297 g/mol. The summed E-state index contributed by atoms with van der Waals surface area (Å²) < 4.78 is 4.92. The zero-order valence-corrected chi connectivity index (χ0v) is 10.9. The second kappa shape index (κ2) is 4.18. The molecule has 0 saturated carbocycles. The first kappa shape index (κ1) is 12.4. The van der Waals surface area contributed by atoms with Gasteiger partial charge in [0.05, 0.1) is 5.03 Å². The number of hydrogen-bond acceptors (Lipinski definition) is 4. The summed E-state index contributed by atoms with van der Waals surface area (Å²) in [5.74, 6) is -2.75. The van der Waals surface area contributed by atoms with E-state index in [9.17, 15) is 14.4 Å². The summed E-state index contributed by atoms with van der Waals surface area (Å²) in [4.78, 5) is 35.8. The molecular weight excluding hydrogens is 291 g/mol. The minimum absolute atomic E-state index is 0.0915. The fourth-order valence-electron chi connectivity index (χ4n) is 2.30. The van der Waals surface area contributed by atoms with Gasteiger partial charge in [-0.05, 0) is 0 Å². The third kappa shape index (κ3) is 1.64. The second-order valence-corrected chi connectivity index (χ2v) is 5.02. The molecule has 1 heterocycles. The number of cyclic esters (lactones) is 1. The monoisotopic (exact) mass is 296 g/mol. The molecule has 0 amide bonds. The number of ether oxygens (including phenoxy) is 1. The van der Waals surface area contributed by atoms with Crippen molar-refractivity contribution in [2.24, 2.45) is 5.92 Å². The quantitative estimate of drug-likeness (QED) is 0.589. The highest BCUT2D eigenvalue weighted by Gasteiger charge is 2.49. The van der Waals surface area contributed by atoms with E-state index in [-0.39, 0.29) is 10.1 Å². The Kier molecular flexibility index (Phi) is 2.73. The van der Waals surface area contributed by atoms with Crippen LogP contribution in [-0.2, 0) is 9.53 Å². The van der Waals surface area contributed by atoms with Crippen molar-refractivity contribution in [2.45, 2.75) is 6.10 Å². The maximum Gasteiger partial charge on any atom is 0.351 e. The number of Topliss-reactive ketones (excluding diaryl/α,β-unsaturated/α-hetero) is 2. The molecule has 4 nitrogen and oxygen atoms in total. The molecule has 6 heteroatoms. The molecule has 1 aliphatic heterocycles. The topological polar surface area (TPSA) is 60.4 Å². The van der Waals surface area contributed by atoms with Gasteiger partial charge in [0.1, 0.15) is 11.0 Å². The van der Waals surface area contributed by atoms with Crippen molar-refractivity contribution in [3.63, 3.8) is 0 Å². The molecule has 2 aliphatic rings. The van der Waals surface area contributed by atoms with Gasteiger partial charge in [0.2, 0.25) is 0 Å². The van der Waals surface area contributed by atoms with Crippen LogP contribution in [0, 0.1) is 5.92 Å². The van der Waals surface area contributed by atoms with E-state index in [0.717, 1.165) is 0 Å². The van der Waals surface area contributed by atoms with Crippen LogP contribution >= 0.6 is 23.2 Å². The highest BCUT2D eigenvalue weighted by atomic mass is 35.5. The lowest BCUT2D eigenvalue weighted by Crippen LogP contribution is -2.31. The number of halogens is 2. The van der Waals surface area contributed by atoms with Crippen LogP contribution in [0.3, 0.4) is 0 Å². The Morgan fingerprint density at radius 1 is 0.947 bits per heavy atom. The van der Waals surface area contributed by atoms with Gasteiger partial charge in [-0.15, -0.1) is 0 Å². The molecule has 1 aliphatic carbocycles. The van der Waals surface area contributed by atoms with E-state index in [1.807, 2.05) is 0 Å². The van der Waals surface area contributed by atoms with Crippen molar-refractivity contribution >= 4 is 40.7 Å². The average Bonchev–Trinajstić information content (AvgIpc) is 2.80. The first-order valence-electron chi connectivity index (χ1n) is 5.46. The van der Waals surface area contributed by atoms with E-state index in [2.05, 4.69) is 0 Å². The molecule has 0 fully saturated rings. The van der Waals surface area contributed by atoms with Gasteiger partial charge in [-0.3, -0.25) is 9.59 Å². The van der Waals surface area contributed by atoms with Gasteiger partial charge in [-0.25, -0.2) is 4.79 Å². The third-order valence-corrected chi connectivity index (χ3v) is 4.06. The van der Waals surface area contributed by atoms with Crippen molar-refractivity contribution in [3.8, 4) is 0 Å². The Balaban J connectivity index is 2.05. The minimum atomic E-state index is -1.13. The Bertz CT molecular complexity index is 627. The molecule has 0 N–H and O–H groups in total. The van der Waals surface area contributed by atoms with Crippen molar-refractivity contribution in [1.82, 2.24) is 0 Å². The van der Waals surface area contributed by atoms with Crippen LogP contribution in [0.15, 0.2) is 34.3 Å². The number of carbonyl (C=O) groups excluding carboxylic acids is 3. The molecule has 96 valence electrons. The molecule has 0 saturated heterocycles. The lowest BCUT2D eigenvalue weighted by atomic mass is 9.97. The second-order valence-electron chi connectivity index (χ2n) is 4.24. The summed E-state index contributed by atoms with van der Waals surface area (Å²) in [6.07, 6.45) is -1.12. The zero-order valence-electron chi connectivity index (χ0n) is 9.35. The van der Waals surface area contributed by atoms with E-state index in [0.29, 0.717) is 11.1 Å². The van der Waals surface area contributed by atoms with Crippen LogP contribution in [0.1, 0.15) is 20.7 Å². The van der Waals surface area contributed by atoms with Crippen LogP contribution in [0.25, 0.3) is 0 Å². The Morgan fingerprint density at radius 2 is 1.47 bits per heavy atom. The largest absolute Gasteiger partial charge is 0.451 e. The minimum Gasteiger partial charge on any atom is -0.451 e. The number of fused-ring (bicyclic) bond motifs is 1. The molecule has 1 aromatic rings. The fourth-order valence-corrected chi connectivity index (χ4v) is 2.70. The van der Waals surface area contributed by atoms with Crippen LogP contribution in [0.5, 0.6) is 0 Å². The summed E-state index contributed by atoms with van der Waals surface area (Å²) in [5, 5.41) is -0.366. The van der Waals surface area contributed by atoms with Crippen LogP contribution < -0.4 is 0 Å². The summed E-state index contributed by atoms with van der Waals surface area (Å²) in [5.41, 5.74) is 0.641. The fraction of sp³-hybridized carbons (Fsp3) is 0.154. The first-order chi connectivity index (χ1) is 9.02. The van der Waals surface area contributed by atoms with Crippen LogP contribution in [0.4, 0.5) is 0 Å². The molecule has 3 rings (SSSR count). The standard InChI is InChI=1S/C13H6Cl2O4/c14-8-9(15)13(18)19-12(8)7-10(16)5-3-1-2-4-6(5)11(7)17/h1-4,7,12H. The summed E-state index contributed by atoms with van der Waals surface area (Å²) >= 11 is 11.5. The summed E-state index contributed by atoms with van der Waals surface area (Å²) in [6.45, 7) is 0. The van der Waals surface area contributed by atoms with E-state index in [4.69, 9.17) is 27.9 Å². The molecule has 1 unspecified atom stereocenters. The van der Waals surface area contributed by atoms with E-state index in [1.54, 1.807) is 24.3 Å². The van der Waals surface area contributed by atoms with Gasteiger partial charge in [-0.1, -0.05) is 47.5 Å². The zero-order chi connectivity index (χ0) is 13.7. The van der Waals surface area contributed by atoms with Crippen molar-refractivity contribution in [1.29, 1.82) is 0 Å². The maximum atomic E-state index is 12.2. The molecular formula is C13H6Cl2O4. The smallest absolute Gasteiger partial charge is 0.351 e. The predicted octanol–water partition coefficient (Wildman–Crippen LogP) is 2.30. The summed E-state index contributed by atoms with van der Waals surface area (Å²) in [7, 11) is 0. The van der Waals surface area contributed by atoms with Gasteiger partial charge >= 0.3 is 5.97 Å². The third-order valence-electron chi connectivity index (χ3n) is 3.20. The lowest BCUT2D eigenvalue weighted by molar-refractivity contribution is -0.139. The van der Waals surface area contributed by atoms with Crippen molar-refractivity contribution in [2.75, 3.05) is 0 Å². The van der Waals surface area contributed by atoms with Gasteiger partial charge in [0, 0.05) is 11.1 Å². The van der Waals surface area contributed by atoms with Crippen LogP contribution in [0.2, 0.25) is 0 Å². The van der Waals surface area contributed by atoms with Gasteiger partial charge in [0.25, 0.3) is 0 Å². The number of hydrogen-bond donors (Lipinski definition) is 0. The molecule has 0 radical (unpaired) electrons. The number of esters is 1. The number of benzene rings is 1. The molecule has 19 heavy (non-hydrogen) atoms. The predicted molar refractivity (Wildman–Crippen MR) is 67.2 cm³/mol.